The molecule has 0 amide bonds. The lowest BCUT2D eigenvalue weighted by atomic mass is 9.77. The van der Waals surface area contributed by atoms with Crippen LogP contribution in [0.2, 0.25) is 0 Å². The van der Waals surface area contributed by atoms with Crippen LogP contribution in [-0.2, 0) is 21.0 Å². The number of hydrogen-bond acceptors (Lipinski definition) is 6. The number of hydrogen-bond donors (Lipinski definition) is 2. The molecule has 6 nitrogen and oxygen atoms in total. The van der Waals surface area contributed by atoms with Gasteiger partial charge in [-0.25, -0.2) is 0 Å². The third-order valence-corrected chi connectivity index (χ3v) is 9.04. The highest BCUT2D eigenvalue weighted by Gasteiger charge is 2.25. The first-order valence-corrected chi connectivity index (χ1v) is 16.9. The Hall–Kier alpha value is -3.84. The van der Waals surface area contributed by atoms with Crippen molar-refractivity contribution < 1.29 is 29.2 Å². The van der Waals surface area contributed by atoms with Crippen molar-refractivity contribution in [2.45, 2.75) is 83.8 Å². The molecule has 0 aromatic heterocycles. The van der Waals surface area contributed by atoms with Gasteiger partial charge in [0.1, 0.15) is 49.3 Å². The summed E-state index contributed by atoms with van der Waals surface area (Å²) in [6.45, 7) is 18.7. The van der Waals surface area contributed by atoms with Crippen molar-refractivity contribution >= 4 is 0 Å². The van der Waals surface area contributed by atoms with E-state index in [9.17, 15) is 10.2 Å². The van der Waals surface area contributed by atoms with Crippen LogP contribution in [0, 0.1) is 0 Å². The van der Waals surface area contributed by atoms with Crippen LogP contribution in [0.15, 0.2) is 97.1 Å². The molecule has 2 atom stereocenters. The van der Waals surface area contributed by atoms with Gasteiger partial charge in [0.15, 0.2) is 0 Å². The summed E-state index contributed by atoms with van der Waals surface area (Å²) in [6, 6.07) is 32.9. The molecule has 0 aliphatic rings. The fraction of sp³-hybridized carbons (Fsp3) is 0.429. The predicted molar refractivity (Wildman–Crippen MR) is 194 cm³/mol. The van der Waals surface area contributed by atoms with Crippen molar-refractivity contribution in [3.05, 3.63) is 125 Å². The molecule has 0 aliphatic heterocycles. The van der Waals surface area contributed by atoms with Crippen molar-refractivity contribution in [2.24, 2.45) is 0 Å². The maximum atomic E-state index is 10.6. The number of benzene rings is 4. The zero-order chi connectivity index (χ0) is 35.0. The summed E-state index contributed by atoms with van der Waals surface area (Å²) in [5.41, 5.74) is 5.78. The lowest BCUT2D eigenvalue weighted by Gasteiger charge is -2.28. The minimum atomic E-state index is -0.778. The van der Waals surface area contributed by atoms with Crippen LogP contribution in [-0.4, -0.2) is 55.5 Å². The number of aliphatic hydroxyl groups excluding tert-OH is 2. The van der Waals surface area contributed by atoms with Crippen LogP contribution in [0.3, 0.4) is 0 Å². The molecule has 258 valence electrons. The van der Waals surface area contributed by atoms with Gasteiger partial charge in [-0.15, -0.1) is 0 Å². The van der Waals surface area contributed by atoms with Gasteiger partial charge in [-0.1, -0.05) is 109 Å². The predicted octanol–water partition coefficient (Wildman–Crippen LogP) is 8.23. The average molecular weight is 655 g/mol. The zero-order valence-corrected chi connectivity index (χ0v) is 30.0. The molecule has 0 spiro atoms. The van der Waals surface area contributed by atoms with E-state index in [0.717, 1.165) is 11.1 Å². The zero-order valence-electron chi connectivity index (χ0n) is 30.0. The molecular formula is C42H54O6. The molecule has 0 bridgehead atoms. The summed E-state index contributed by atoms with van der Waals surface area (Å²) < 4.78 is 22.7. The fourth-order valence-corrected chi connectivity index (χ4v) is 5.55. The molecule has 2 N–H and O–H groups in total. The molecule has 4 aromatic rings. The summed E-state index contributed by atoms with van der Waals surface area (Å²) >= 11 is 0. The summed E-state index contributed by atoms with van der Waals surface area (Å²) in [6.07, 6.45) is -1.44. The van der Waals surface area contributed by atoms with Crippen LogP contribution in [0.1, 0.15) is 83.2 Å². The maximum absolute atomic E-state index is 10.6. The molecule has 48 heavy (non-hydrogen) atoms. The van der Waals surface area contributed by atoms with Gasteiger partial charge < -0.3 is 29.2 Å². The Kier molecular flexibility index (Phi) is 12.4. The van der Waals surface area contributed by atoms with E-state index in [1.54, 1.807) is 0 Å². The molecule has 0 radical (unpaired) electrons. The topological polar surface area (TPSA) is 77.4 Å². The molecule has 4 aromatic carbocycles. The summed E-state index contributed by atoms with van der Waals surface area (Å²) in [4.78, 5) is 0. The first-order chi connectivity index (χ1) is 22.7. The highest BCUT2D eigenvalue weighted by atomic mass is 16.5. The van der Waals surface area contributed by atoms with E-state index >= 15 is 0 Å². The normalized spacial score (nSPS) is 13.5. The quantitative estimate of drug-likeness (QED) is 0.127. The molecular weight excluding hydrogens is 600 g/mol. The van der Waals surface area contributed by atoms with Gasteiger partial charge >= 0.3 is 0 Å². The van der Waals surface area contributed by atoms with E-state index in [-0.39, 0.29) is 42.7 Å². The molecule has 6 heteroatoms. The lowest BCUT2D eigenvalue weighted by Crippen LogP contribution is -2.25. The monoisotopic (exact) mass is 654 g/mol. The largest absolute Gasteiger partial charge is 0.491 e. The van der Waals surface area contributed by atoms with Gasteiger partial charge in [0, 0.05) is 17.4 Å². The minimum Gasteiger partial charge on any atom is -0.491 e. The molecule has 2 unspecified atom stereocenters. The van der Waals surface area contributed by atoms with Gasteiger partial charge in [0.2, 0.25) is 0 Å². The Bertz CT molecular complexity index is 1530. The van der Waals surface area contributed by atoms with Crippen molar-refractivity contribution in [1.29, 1.82) is 0 Å². The van der Waals surface area contributed by atoms with Crippen LogP contribution in [0.4, 0.5) is 0 Å². The summed E-state index contributed by atoms with van der Waals surface area (Å²) in [5, 5.41) is 20.5. The van der Waals surface area contributed by atoms with E-state index in [1.165, 1.54) is 16.7 Å². The van der Waals surface area contributed by atoms with E-state index in [1.807, 2.05) is 55.5 Å². The Morgan fingerprint density at radius 3 is 1.00 bits per heavy atom. The van der Waals surface area contributed by atoms with E-state index in [4.69, 9.17) is 18.9 Å². The fourth-order valence-electron chi connectivity index (χ4n) is 5.55. The van der Waals surface area contributed by atoms with Gasteiger partial charge in [0.05, 0.1) is 6.61 Å². The first-order valence-electron chi connectivity index (χ1n) is 16.9. The standard InChI is InChI=1S/C42H54O6/c1-9-45-26-35(43)27-46-37-20-16-33(17-21-37)42(7,8)34-18-24-39(25-19-34)48-29-36(44)28-47-38-22-14-32(15-23-38)41(5,6)31-12-10-30(11-13-31)40(2,3)4/h10-25,35-36,43-44H,9,26-29H2,1-8H3. The summed E-state index contributed by atoms with van der Waals surface area (Å²) in [5.74, 6) is 2.10. The average Bonchev–Trinajstić information content (AvgIpc) is 3.08. The Balaban J connectivity index is 1.24. The third-order valence-electron chi connectivity index (χ3n) is 9.04. The van der Waals surface area contributed by atoms with Crippen molar-refractivity contribution in [3.8, 4) is 17.2 Å². The molecule has 0 fully saturated rings. The van der Waals surface area contributed by atoms with Gasteiger partial charge in [-0.2, -0.15) is 0 Å². The Morgan fingerprint density at radius 1 is 0.438 bits per heavy atom. The smallest absolute Gasteiger partial charge is 0.122 e. The Morgan fingerprint density at radius 2 is 0.708 bits per heavy atom. The molecule has 0 saturated heterocycles. The second-order valence-electron chi connectivity index (χ2n) is 14.6. The Labute approximate surface area is 287 Å². The van der Waals surface area contributed by atoms with Gasteiger partial charge in [-0.05, 0) is 76.6 Å². The second kappa shape index (κ2) is 16.0. The molecule has 4 rings (SSSR count). The molecule has 0 aliphatic carbocycles. The number of rotatable bonds is 16. The third kappa shape index (κ3) is 9.85. The molecule has 0 saturated carbocycles. The summed E-state index contributed by atoms with van der Waals surface area (Å²) in [7, 11) is 0. The first kappa shape index (κ1) is 37.0. The number of aliphatic hydroxyl groups is 2. The van der Waals surface area contributed by atoms with Gasteiger partial charge in [0.25, 0.3) is 0 Å². The van der Waals surface area contributed by atoms with Crippen molar-refractivity contribution in [3.63, 3.8) is 0 Å². The second-order valence-corrected chi connectivity index (χ2v) is 14.6. The van der Waals surface area contributed by atoms with Crippen LogP contribution in [0.25, 0.3) is 0 Å². The SMILES string of the molecule is CCOCC(O)COc1ccc(C(C)(C)c2ccc(OCC(O)COc3ccc(C(C)(C)c4ccc(C(C)(C)C)cc4)cc3)cc2)cc1. The highest BCUT2D eigenvalue weighted by molar-refractivity contribution is 5.43. The number of ether oxygens (including phenoxy) is 4. The van der Waals surface area contributed by atoms with E-state index in [0.29, 0.717) is 23.9 Å². The lowest BCUT2D eigenvalue weighted by molar-refractivity contribution is 0.0164. The molecule has 0 heterocycles. The minimum absolute atomic E-state index is 0.124. The van der Waals surface area contributed by atoms with Crippen molar-refractivity contribution in [2.75, 3.05) is 33.0 Å². The van der Waals surface area contributed by atoms with Crippen LogP contribution < -0.4 is 14.2 Å². The van der Waals surface area contributed by atoms with Gasteiger partial charge in [-0.3, -0.25) is 0 Å². The highest BCUT2D eigenvalue weighted by Crippen LogP contribution is 2.35. The van der Waals surface area contributed by atoms with E-state index in [2.05, 4.69) is 97.0 Å². The van der Waals surface area contributed by atoms with Crippen molar-refractivity contribution in [1.82, 2.24) is 0 Å². The van der Waals surface area contributed by atoms with E-state index < -0.39 is 12.2 Å². The van der Waals surface area contributed by atoms with Crippen LogP contribution in [0.5, 0.6) is 17.2 Å². The van der Waals surface area contributed by atoms with Crippen LogP contribution >= 0.6 is 0 Å². The maximum Gasteiger partial charge on any atom is 0.122 e.